The summed E-state index contributed by atoms with van der Waals surface area (Å²) >= 11 is 6.01. The second-order valence-electron chi connectivity index (χ2n) is 4.94. The number of halogens is 1. The molecule has 1 aromatic carbocycles. The lowest BCUT2D eigenvalue weighted by molar-refractivity contribution is -0.150. The summed E-state index contributed by atoms with van der Waals surface area (Å²) in [5.74, 6) is -0.181. The number of hydrogen-bond donors (Lipinski definition) is 1. The first-order valence-electron chi connectivity index (χ1n) is 7.01. The van der Waals surface area contributed by atoms with Gasteiger partial charge in [0.2, 0.25) is 0 Å². The van der Waals surface area contributed by atoms with Crippen molar-refractivity contribution in [2.45, 2.75) is 19.9 Å². The van der Waals surface area contributed by atoms with Crippen molar-refractivity contribution in [1.82, 2.24) is 10.2 Å². The number of nitrogens with zero attached hydrogens (tertiary/aromatic N) is 1. The van der Waals surface area contributed by atoms with Crippen LogP contribution in [0, 0.1) is 6.92 Å². The zero-order valence-corrected chi connectivity index (χ0v) is 12.7. The molecule has 4 nitrogen and oxygen atoms in total. The molecule has 2 rings (SSSR count). The maximum atomic E-state index is 12.4. The van der Waals surface area contributed by atoms with Crippen LogP contribution in [-0.4, -0.2) is 43.7 Å². The van der Waals surface area contributed by atoms with Crippen molar-refractivity contribution in [3.05, 3.63) is 34.3 Å². The Labute approximate surface area is 125 Å². The molecule has 0 spiro atoms. The van der Waals surface area contributed by atoms with Crippen molar-refractivity contribution in [1.29, 1.82) is 0 Å². The van der Waals surface area contributed by atoms with Gasteiger partial charge in [-0.15, -0.1) is 0 Å². The number of esters is 1. The highest BCUT2D eigenvalue weighted by Crippen LogP contribution is 2.27. The van der Waals surface area contributed by atoms with Crippen molar-refractivity contribution >= 4 is 17.6 Å². The van der Waals surface area contributed by atoms with Crippen LogP contribution in [0.3, 0.4) is 0 Å². The van der Waals surface area contributed by atoms with E-state index in [1.54, 1.807) is 0 Å². The highest BCUT2D eigenvalue weighted by Gasteiger charge is 2.30. The topological polar surface area (TPSA) is 41.6 Å². The quantitative estimate of drug-likeness (QED) is 0.865. The lowest BCUT2D eigenvalue weighted by Gasteiger charge is -2.34. The van der Waals surface area contributed by atoms with Gasteiger partial charge in [-0.1, -0.05) is 17.7 Å². The number of benzene rings is 1. The minimum atomic E-state index is -0.339. The molecule has 1 atom stereocenters. The number of ether oxygens (including phenoxy) is 1. The fraction of sp³-hybridized carbons (Fsp3) is 0.533. The molecule has 1 aromatic rings. The minimum absolute atomic E-state index is 0.181. The Bertz CT molecular complexity index is 473. The van der Waals surface area contributed by atoms with Gasteiger partial charge in [-0.2, -0.15) is 0 Å². The van der Waals surface area contributed by atoms with Crippen LogP contribution in [0.15, 0.2) is 18.2 Å². The Kier molecular flexibility index (Phi) is 5.40. The molecule has 0 aromatic heterocycles. The van der Waals surface area contributed by atoms with E-state index in [-0.39, 0.29) is 12.0 Å². The van der Waals surface area contributed by atoms with E-state index in [2.05, 4.69) is 10.2 Å². The molecule has 20 heavy (non-hydrogen) atoms. The van der Waals surface area contributed by atoms with Gasteiger partial charge >= 0.3 is 5.97 Å². The van der Waals surface area contributed by atoms with Crippen LogP contribution in [-0.2, 0) is 9.53 Å². The van der Waals surface area contributed by atoms with Gasteiger partial charge in [-0.3, -0.25) is 4.90 Å². The molecule has 1 fully saturated rings. The molecule has 5 heteroatoms. The lowest BCUT2D eigenvalue weighted by atomic mass is 9.99. The first-order valence-corrected chi connectivity index (χ1v) is 7.38. The van der Waals surface area contributed by atoms with E-state index >= 15 is 0 Å². The fourth-order valence-corrected chi connectivity index (χ4v) is 2.81. The third-order valence-corrected chi connectivity index (χ3v) is 3.79. The predicted molar refractivity (Wildman–Crippen MR) is 80.0 cm³/mol. The van der Waals surface area contributed by atoms with E-state index in [4.69, 9.17) is 16.3 Å². The average molecular weight is 297 g/mol. The minimum Gasteiger partial charge on any atom is -0.465 e. The molecule has 0 saturated carbocycles. The number of hydrogen-bond acceptors (Lipinski definition) is 4. The summed E-state index contributed by atoms with van der Waals surface area (Å²) in [4.78, 5) is 14.5. The summed E-state index contributed by atoms with van der Waals surface area (Å²) in [5, 5.41) is 3.99. The molecule has 0 aliphatic carbocycles. The van der Waals surface area contributed by atoms with Gasteiger partial charge in [-0.25, -0.2) is 4.79 Å². The molecule has 1 aliphatic rings. The van der Waals surface area contributed by atoms with Crippen molar-refractivity contribution in [3.63, 3.8) is 0 Å². The number of carbonyl (C=O) groups is 1. The molecule has 0 radical (unpaired) electrons. The third-order valence-electron chi connectivity index (χ3n) is 3.55. The maximum Gasteiger partial charge on any atom is 0.328 e. The van der Waals surface area contributed by atoms with E-state index in [0.29, 0.717) is 11.6 Å². The Morgan fingerprint density at radius 3 is 2.75 bits per heavy atom. The van der Waals surface area contributed by atoms with Crippen LogP contribution in [0.4, 0.5) is 0 Å². The molecule has 1 unspecified atom stereocenters. The van der Waals surface area contributed by atoms with Crippen LogP contribution in [0.25, 0.3) is 0 Å². The summed E-state index contributed by atoms with van der Waals surface area (Å²) in [6.45, 7) is 7.67. The Balaban J connectivity index is 2.31. The highest BCUT2D eigenvalue weighted by atomic mass is 35.5. The van der Waals surface area contributed by atoms with Crippen LogP contribution in [0.2, 0.25) is 5.02 Å². The Hall–Kier alpha value is -1.10. The van der Waals surface area contributed by atoms with Gasteiger partial charge in [0.1, 0.15) is 6.04 Å². The standard InChI is InChI=1S/C15H21ClN2O2/c1-3-20-15(19)14(18-8-6-17-7-9-18)13-5-4-12(16)10-11(13)2/h4-5,10,14,17H,3,6-9H2,1-2H3. The van der Waals surface area contributed by atoms with E-state index in [1.165, 1.54) is 0 Å². The molecule has 1 N–H and O–H groups in total. The molecule has 1 aliphatic heterocycles. The SMILES string of the molecule is CCOC(=O)C(c1ccc(Cl)cc1C)N1CCNCC1. The van der Waals surface area contributed by atoms with Crippen LogP contribution in [0.1, 0.15) is 24.1 Å². The van der Waals surface area contributed by atoms with Gasteiger partial charge in [0.15, 0.2) is 0 Å². The highest BCUT2D eigenvalue weighted by molar-refractivity contribution is 6.30. The molecule has 1 heterocycles. The first-order chi connectivity index (χ1) is 9.63. The van der Waals surface area contributed by atoms with Gasteiger partial charge < -0.3 is 10.1 Å². The van der Waals surface area contributed by atoms with Gasteiger partial charge in [0.25, 0.3) is 0 Å². The molecular formula is C15H21ClN2O2. The second-order valence-corrected chi connectivity index (χ2v) is 5.38. The smallest absolute Gasteiger partial charge is 0.328 e. The van der Waals surface area contributed by atoms with Crippen molar-refractivity contribution in [2.24, 2.45) is 0 Å². The van der Waals surface area contributed by atoms with Crippen LogP contribution in [0.5, 0.6) is 0 Å². The fourth-order valence-electron chi connectivity index (χ4n) is 2.58. The van der Waals surface area contributed by atoms with Crippen molar-refractivity contribution in [2.75, 3.05) is 32.8 Å². The number of carbonyl (C=O) groups excluding carboxylic acids is 1. The Morgan fingerprint density at radius 2 is 2.15 bits per heavy atom. The zero-order chi connectivity index (χ0) is 14.5. The number of nitrogens with one attached hydrogen (secondary N) is 1. The van der Waals surface area contributed by atoms with E-state index in [9.17, 15) is 4.79 Å². The van der Waals surface area contributed by atoms with E-state index in [0.717, 1.165) is 37.3 Å². The summed E-state index contributed by atoms with van der Waals surface area (Å²) < 4.78 is 5.26. The van der Waals surface area contributed by atoms with Crippen molar-refractivity contribution < 1.29 is 9.53 Å². The summed E-state index contributed by atoms with van der Waals surface area (Å²) in [5.41, 5.74) is 2.00. The van der Waals surface area contributed by atoms with E-state index < -0.39 is 0 Å². The van der Waals surface area contributed by atoms with Gasteiger partial charge in [0, 0.05) is 31.2 Å². The van der Waals surface area contributed by atoms with E-state index in [1.807, 2.05) is 32.0 Å². The number of piperazine rings is 1. The second kappa shape index (κ2) is 7.07. The van der Waals surface area contributed by atoms with Gasteiger partial charge in [0.05, 0.1) is 6.61 Å². The molecule has 0 bridgehead atoms. The maximum absolute atomic E-state index is 12.4. The summed E-state index contributed by atoms with van der Waals surface area (Å²) in [7, 11) is 0. The van der Waals surface area contributed by atoms with Crippen molar-refractivity contribution in [3.8, 4) is 0 Å². The van der Waals surface area contributed by atoms with Crippen LogP contribution >= 0.6 is 11.6 Å². The first kappa shape index (κ1) is 15.3. The third kappa shape index (κ3) is 3.51. The Morgan fingerprint density at radius 1 is 1.45 bits per heavy atom. The molecule has 110 valence electrons. The summed E-state index contributed by atoms with van der Waals surface area (Å²) in [6, 6.07) is 5.32. The van der Waals surface area contributed by atoms with Gasteiger partial charge in [-0.05, 0) is 37.1 Å². The average Bonchev–Trinajstić information content (AvgIpc) is 2.43. The summed E-state index contributed by atoms with van der Waals surface area (Å²) in [6.07, 6.45) is 0. The normalized spacial score (nSPS) is 17.8. The number of rotatable bonds is 4. The zero-order valence-electron chi connectivity index (χ0n) is 12.0. The molecular weight excluding hydrogens is 276 g/mol. The largest absolute Gasteiger partial charge is 0.465 e. The number of aryl methyl sites for hydroxylation is 1. The molecule has 1 saturated heterocycles. The lowest BCUT2D eigenvalue weighted by Crippen LogP contribution is -2.47. The van der Waals surface area contributed by atoms with Crippen LogP contribution < -0.4 is 5.32 Å². The monoisotopic (exact) mass is 296 g/mol. The molecule has 0 amide bonds. The predicted octanol–water partition coefficient (Wildman–Crippen LogP) is 2.16.